The van der Waals surface area contributed by atoms with Crippen molar-refractivity contribution in [3.8, 4) is 0 Å². The van der Waals surface area contributed by atoms with Gasteiger partial charge in [0.1, 0.15) is 0 Å². The minimum Gasteiger partial charge on any atom is -0.321 e. The van der Waals surface area contributed by atoms with Gasteiger partial charge in [-0.3, -0.25) is 4.79 Å². The lowest BCUT2D eigenvalue weighted by Gasteiger charge is -2.10. The van der Waals surface area contributed by atoms with Crippen LogP contribution in [0.1, 0.15) is 15.9 Å². The Hall–Kier alpha value is -0.550. The van der Waals surface area contributed by atoms with E-state index in [9.17, 15) is 4.79 Å². The molecule has 0 bridgehead atoms. The Morgan fingerprint density at radius 1 is 1.10 bits per heavy atom. The van der Waals surface area contributed by atoms with E-state index in [-0.39, 0.29) is 5.91 Å². The first-order chi connectivity index (χ1) is 9.36. The summed E-state index contributed by atoms with van der Waals surface area (Å²) in [4.78, 5) is 12.2. The molecular weight excluding hydrogens is 429 g/mol. The van der Waals surface area contributed by atoms with Crippen LogP contribution in [0.15, 0.2) is 39.3 Å². The molecule has 0 atom stereocenters. The van der Waals surface area contributed by atoms with Crippen LogP contribution in [-0.4, -0.2) is 5.91 Å². The van der Waals surface area contributed by atoms with Crippen molar-refractivity contribution < 1.29 is 4.79 Å². The molecule has 2 aromatic carbocycles. The molecule has 2 aromatic rings. The lowest BCUT2D eigenvalue weighted by molar-refractivity contribution is 0.102. The highest BCUT2D eigenvalue weighted by atomic mass is 79.9. The van der Waals surface area contributed by atoms with Crippen LogP contribution in [0.3, 0.4) is 0 Å². The molecule has 0 heterocycles. The number of hydrogen-bond acceptors (Lipinski definition) is 1. The van der Waals surface area contributed by atoms with Crippen molar-refractivity contribution in [3.63, 3.8) is 0 Å². The molecule has 1 amide bonds. The molecule has 20 heavy (non-hydrogen) atoms. The van der Waals surface area contributed by atoms with E-state index in [1.165, 1.54) is 0 Å². The first kappa shape index (κ1) is 15.8. The largest absolute Gasteiger partial charge is 0.321 e. The average Bonchev–Trinajstić information content (AvgIpc) is 2.34. The fourth-order valence-electron chi connectivity index (χ4n) is 1.62. The van der Waals surface area contributed by atoms with Crippen LogP contribution in [0.5, 0.6) is 0 Å². The molecule has 0 fully saturated rings. The van der Waals surface area contributed by atoms with Crippen LogP contribution < -0.4 is 5.32 Å². The standard InChI is InChI=1S/C14H9Br2Cl2NO/c1-7-2-11(16)13(6-12(7)18)19-14(20)8-3-9(15)5-10(17)4-8/h2-6H,1H3,(H,19,20). The number of carbonyl (C=O) groups excluding carboxylic acids is 1. The monoisotopic (exact) mass is 435 g/mol. The highest BCUT2D eigenvalue weighted by Crippen LogP contribution is 2.30. The Kier molecular flexibility index (Phi) is 5.13. The van der Waals surface area contributed by atoms with Crippen molar-refractivity contribution in [2.75, 3.05) is 5.32 Å². The molecule has 1 N–H and O–H groups in total. The third kappa shape index (κ3) is 3.76. The van der Waals surface area contributed by atoms with Crippen LogP contribution in [0, 0.1) is 6.92 Å². The Morgan fingerprint density at radius 2 is 1.80 bits per heavy atom. The fourth-order valence-corrected chi connectivity index (χ4v) is 3.20. The zero-order chi connectivity index (χ0) is 14.9. The maximum absolute atomic E-state index is 12.2. The number of benzene rings is 2. The number of nitrogens with one attached hydrogen (secondary N) is 1. The van der Waals surface area contributed by atoms with Gasteiger partial charge in [0.05, 0.1) is 5.69 Å². The van der Waals surface area contributed by atoms with Crippen molar-refractivity contribution >= 4 is 66.7 Å². The summed E-state index contributed by atoms with van der Waals surface area (Å²) in [6.45, 7) is 1.90. The summed E-state index contributed by atoms with van der Waals surface area (Å²) in [5.41, 5.74) is 2.01. The number of rotatable bonds is 2. The molecule has 0 saturated heterocycles. The van der Waals surface area contributed by atoms with Crippen molar-refractivity contribution in [1.29, 1.82) is 0 Å². The molecule has 0 saturated carbocycles. The topological polar surface area (TPSA) is 29.1 Å². The number of carbonyl (C=O) groups is 1. The number of anilines is 1. The molecule has 2 rings (SSSR count). The summed E-state index contributed by atoms with van der Waals surface area (Å²) in [7, 11) is 0. The number of aryl methyl sites for hydroxylation is 1. The number of amides is 1. The highest BCUT2D eigenvalue weighted by molar-refractivity contribution is 9.10. The average molecular weight is 438 g/mol. The second-order valence-electron chi connectivity index (χ2n) is 4.19. The minimum atomic E-state index is -0.256. The van der Waals surface area contributed by atoms with Crippen molar-refractivity contribution in [2.45, 2.75) is 6.92 Å². The van der Waals surface area contributed by atoms with Crippen LogP contribution in [0.2, 0.25) is 10.0 Å². The van der Waals surface area contributed by atoms with Crippen molar-refractivity contribution in [3.05, 3.63) is 60.4 Å². The predicted octanol–water partition coefficient (Wildman–Crippen LogP) is 6.08. The van der Waals surface area contributed by atoms with E-state index >= 15 is 0 Å². The SMILES string of the molecule is Cc1cc(Br)c(NC(=O)c2cc(Cl)cc(Br)c2)cc1Cl. The van der Waals surface area contributed by atoms with Gasteiger partial charge >= 0.3 is 0 Å². The summed E-state index contributed by atoms with van der Waals surface area (Å²) in [5.74, 6) is -0.256. The zero-order valence-electron chi connectivity index (χ0n) is 10.3. The van der Waals surface area contributed by atoms with Crippen molar-refractivity contribution in [2.24, 2.45) is 0 Å². The van der Waals surface area contributed by atoms with E-state index in [0.29, 0.717) is 21.3 Å². The molecule has 0 aliphatic carbocycles. The highest BCUT2D eigenvalue weighted by Gasteiger charge is 2.11. The molecule has 0 spiro atoms. The van der Waals surface area contributed by atoms with E-state index in [1.807, 2.05) is 13.0 Å². The van der Waals surface area contributed by atoms with Crippen LogP contribution in [-0.2, 0) is 0 Å². The van der Waals surface area contributed by atoms with Crippen LogP contribution >= 0.6 is 55.1 Å². The van der Waals surface area contributed by atoms with E-state index in [1.54, 1.807) is 24.3 Å². The molecule has 0 aliphatic heterocycles. The van der Waals surface area contributed by atoms with Gasteiger partial charge in [-0.15, -0.1) is 0 Å². The van der Waals surface area contributed by atoms with Gasteiger partial charge in [0, 0.05) is 24.6 Å². The molecular formula is C14H9Br2Cl2NO. The van der Waals surface area contributed by atoms with E-state index in [4.69, 9.17) is 23.2 Å². The Bertz CT molecular complexity index is 669. The molecule has 6 heteroatoms. The number of halogens is 4. The predicted molar refractivity (Wildman–Crippen MR) is 91.0 cm³/mol. The number of hydrogen-bond donors (Lipinski definition) is 1. The lowest BCUT2D eigenvalue weighted by Crippen LogP contribution is -2.12. The van der Waals surface area contributed by atoms with Gasteiger partial charge in [0.25, 0.3) is 5.91 Å². The van der Waals surface area contributed by atoms with Crippen molar-refractivity contribution in [1.82, 2.24) is 0 Å². The Morgan fingerprint density at radius 3 is 2.45 bits per heavy atom. The van der Waals surface area contributed by atoms with Gasteiger partial charge in [-0.1, -0.05) is 39.1 Å². The maximum atomic E-state index is 12.2. The summed E-state index contributed by atoms with van der Waals surface area (Å²) >= 11 is 18.7. The molecule has 0 aromatic heterocycles. The molecule has 0 unspecified atom stereocenters. The van der Waals surface area contributed by atoms with Gasteiger partial charge < -0.3 is 5.32 Å². The summed E-state index contributed by atoms with van der Waals surface area (Å²) in [6, 6.07) is 8.58. The van der Waals surface area contributed by atoms with Gasteiger partial charge in [0.15, 0.2) is 0 Å². The van der Waals surface area contributed by atoms with Gasteiger partial charge in [-0.2, -0.15) is 0 Å². The first-order valence-corrected chi connectivity index (χ1v) is 7.94. The lowest BCUT2D eigenvalue weighted by atomic mass is 10.2. The molecule has 0 radical (unpaired) electrons. The van der Waals surface area contributed by atoms with Gasteiger partial charge in [-0.25, -0.2) is 0 Å². The smallest absolute Gasteiger partial charge is 0.255 e. The van der Waals surface area contributed by atoms with Crippen LogP contribution in [0.25, 0.3) is 0 Å². The quantitative estimate of drug-likeness (QED) is 0.606. The summed E-state index contributed by atoms with van der Waals surface area (Å²) in [5, 5.41) is 3.88. The third-order valence-electron chi connectivity index (χ3n) is 2.62. The fraction of sp³-hybridized carbons (Fsp3) is 0.0714. The van der Waals surface area contributed by atoms with E-state index in [2.05, 4.69) is 37.2 Å². The Balaban J connectivity index is 2.30. The first-order valence-electron chi connectivity index (χ1n) is 5.60. The van der Waals surface area contributed by atoms with E-state index < -0.39 is 0 Å². The molecule has 0 aliphatic rings. The minimum absolute atomic E-state index is 0.256. The second-order valence-corrected chi connectivity index (χ2v) is 6.81. The summed E-state index contributed by atoms with van der Waals surface area (Å²) in [6.07, 6.45) is 0. The van der Waals surface area contributed by atoms with E-state index in [0.717, 1.165) is 14.5 Å². The van der Waals surface area contributed by atoms with Gasteiger partial charge in [-0.05, 0) is 58.7 Å². The second kappa shape index (κ2) is 6.48. The maximum Gasteiger partial charge on any atom is 0.255 e. The Labute approximate surface area is 143 Å². The zero-order valence-corrected chi connectivity index (χ0v) is 15.0. The molecule has 2 nitrogen and oxygen atoms in total. The third-order valence-corrected chi connectivity index (χ3v) is 4.36. The normalized spacial score (nSPS) is 10.4. The van der Waals surface area contributed by atoms with Crippen LogP contribution in [0.4, 0.5) is 5.69 Å². The summed E-state index contributed by atoms with van der Waals surface area (Å²) < 4.78 is 1.52. The van der Waals surface area contributed by atoms with Gasteiger partial charge in [0.2, 0.25) is 0 Å². The molecule has 104 valence electrons.